The third-order valence-electron chi connectivity index (χ3n) is 3.18. The highest BCUT2D eigenvalue weighted by Gasteiger charge is 2.17. The second-order valence-corrected chi connectivity index (χ2v) is 5.37. The normalized spacial score (nSPS) is 20.2. The number of rotatable bonds is 3. The average Bonchev–Trinajstić information content (AvgIpc) is 2.32. The van der Waals surface area contributed by atoms with Crippen molar-refractivity contribution in [1.29, 1.82) is 0 Å². The fourth-order valence-corrected chi connectivity index (χ4v) is 2.65. The highest BCUT2D eigenvalue weighted by atomic mass is 79.9. The van der Waals surface area contributed by atoms with Gasteiger partial charge in [0.15, 0.2) is 0 Å². The lowest BCUT2D eigenvalue weighted by Crippen LogP contribution is -2.35. The van der Waals surface area contributed by atoms with E-state index in [1.165, 1.54) is 12.8 Å². The molecule has 1 atom stereocenters. The Morgan fingerprint density at radius 1 is 1.47 bits per heavy atom. The minimum atomic E-state index is -0.850. The Labute approximate surface area is 109 Å². The molecule has 1 aliphatic heterocycles. The molecule has 0 spiro atoms. The van der Waals surface area contributed by atoms with Gasteiger partial charge in [-0.2, -0.15) is 0 Å². The van der Waals surface area contributed by atoms with Crippen molar-refractivity contribution in [2.24, 2.45) is 0 Å². The molecule has 0 bridgehead atoms. The SMILES string of the molecule is O=C(O)c1cc(Br)ccc1CC1CCCCN1. The summed E-state index contributed by atoms with van der Waals surface area (Å²) in [6, 6.07) is 5.91. The number of benzene rings is 1. The maximum Gasteiger partial charge on any atom is 0.336 e. The van der Waals surface area contributed by atoms with Gasteiger partial charge in [0.25, 0.3) is 0 Å². The molecular formula is C13H16BrNO2. The molecule has 0 saturated carbocycles. The molecule has 92 valence electrons. The zero-order valence-corrected chi connectivity index (χ0v) is 11.2. The lowest BCUT2D eigenvalue weighted by atomic mass is 9.95. The smallest absolute Gasteiger partial charge is 0.336 e. The lowest BCUT2D eigenvalue weighted by molar-refractivity contribution is 0.0695. The summed E-state index contributed by atoms with van der Waals surface area (Å²) in [5, 5.41) is 12.6. The summed E-state index contributed by atoms with van der Waals surface area (Å²) in [4.78, 5) is 11.2. The van der Waals surface area contributed by atoms with E-state index < -0.39 is 5.97 Å². The first-order valence-electron chi connectivity index (χ1n) is 5.92. The van der Waals surface area contributed by atoms with E-state index in [0.29, 0.717) is 11.6 Å². The fourth-order valence-electron chi connectivity index (χ4n) is 2.29. The number of halogens is 1. The zero-order valence-electron chi connectivity index (χ0n) is 9.58. The van der Waals surface area contributed by atoms with Crippen molar-refractivity contribution in [2.75, 3.05) is 6.54 Å². The number of piperidine rings is 1. The van der Waals surface area contributed by atoms with Crippen molar-refractivity contribution >= 4 is 21.9 Å². The van der Waals surface area contributed by atoms with Crippen molar-refractivity contribution in [3.8, 4) is 0 Å². The van der Waals surface area contributed by atoms with E-state index in [4.69, 9.17) is 0 Å². The van der Waals surface area contributed by atoms with Crippen LogP contribution in [0, 0.1) is 0 Å². The van der Waals surface area contributed by atoms with Gasteiger partial charge in [-0.3, -0.25) is 0 Å². The quantitative estimate of drug-likeness (QED) is 0.902. The van der Waals surface area contributed by atoms with Crippen LogP contribution in [0.2, 0.25) is 0 Å². The van der Waals surface area contributed by atoms with Gasteiger partial charge < -0.3 is 10.4 Å². The molecule has 4 heteroatoms. The summed E-state index contributed by atoms with van der Waals surface area (Å²) in [6.45, 7) is 1.05. The third kappa shape index (κ3) is 3.30. The van der Waals surface area contributed by atoms with Gasteiger partial charge in [-0.1, -0.05) is 28.4 Å². The first kappa shape index (κ1) is 12.6. The van der Waals surface area contributed by atoms with E-state index in [1.54, 1.807) is 6.07 Å². The molecule has 1 aromatic rings. The maximum absolute atomic E-state index is 11.2. The number of aromatic carboxylic acids is 1. The molecule has 1 aromatic carbocycles. The van der Waals surface area contributed by atoms with Gasteiger partial charge in [0.2, 0.25) is 0 Å². The first-order valence-corrected chi connectivity index (χ1v) is 6.71. The van der Waals surface area contributed by atoms with Crippen LogP contribution in [0.1, 0.15) is 35.2 Å². The van der Waals surface area contributed by atoms with E-state index in [-0.39, 0.29) is 0 Å². The monoisotopic (exact) mass is 297 g/mol. The Morgan fingerprint density at radius 2 is 2.29 bits per heavy atom. The highest BCUT2D eigenvalue weighted by molar-refractivity contribution is 9.10. The largest absolute Gasteiger partial charge is 0.478 e. The molecule has 1 fully saturated rings. The molecule has 2 N–H and O–H groups in total. The van der Waals surface area contributed by atoms with Gasteiger partial charge in [0.05, 0.1) is 5.56 Å². The maximum atomic E-state index is 11.2. The summed E-state index contributed by atoms with van der Waals surface area (Å²) in [5.41, 5.74) is 1.33. The Kier molecular flexibility index (Phi) is 4.18. The number of nitrogens with one attached hydrogen (secondary N) is 1. The van der Waals surface area contributed by atoms with Gasteiger partial charge in [-0.15, -0.1) is 0 Å². The predicted octanol–water partition coefficient (Wildman–Crippen LogP) is 2.83. The van der Waals surface area contributed by atoms with Crippen LogP contribution in [0.5, 0.6) is 0 Å². The number of carboxylic acid groups (broad SMARTS) is 1. The fraction of sp³-hybridized carbons (Fsp3) is 0.462. The van der Waals surface area contributed by atoms with Crippen molar-refractivity contribution in [2.45, 2.75) is 31.7 Å². The predicted molar refractivity (Wildman–Crippen MR) is 70.4 cm³/mol. The molecule has 2 rings (SSSR count). The summed E-state index contributed by atoms with van der Waals surface area (Å²) in [5.74, 6) is -0.850. The number of hydrogen-bond donors (Lipinski definition) is 2. The van der Waals surface area contributed by atoms with Crippen molar-refractivity contribution in [1.82, 2.24) is 5.32 Å². The molecule has 1 unspecified atom stereocenters. The van der Waals surface area contributed by atoms with Gasteiger partial charge in [-0.05, 0) is 43.5 Å². The highest BCUT2D eigenvalue weighted by Crippen LogP contribution is 2.20. The Hall–Kier alpha value is -0.870. The Bertz CT molecular complexity index is 414. The van der Waals surface area contributed by atoms with E-state index in [0.717, 1.165) is 29.4 Å². The molecule has 3 nitrogen and oxygen atoms in total. The summed E-state index contributed by atoms with van der Waals surface area (Å²) in [6.07, 6.45) is 4.39. The van der Waals surface area contributed by atoms with Crippen LogP contribution >= 0.6 is 15.9 Å². The van der Waals surface area contributed by atoms with E-state index >= 15 is 0 Å². The molecular weight excluding hydrogens is 282 g/mol. The zero-order chi connectivity index (χ0) is 12.3. The molecule has 0 amide bonds. The molecule has 0 aliphatic carbocycles. The second-order valence-electron chi connectivity index (χ2n) is 4.46. The molecule has 1 aliphatic rings. The van der Waals surface area contributed by atoms with Crippen LogP contribution in [0.3, 0.4) is 0 Å². The molecule has 1 heterocycles. The second kappa shape index (κ2) is 5.65. The number of hydrogen-bond acceptors (Lipinski definition) is 2. The molecule has 1 saturated heterocycles. The van der Waals surface area contributed by atoms with Crippen molar-refractivity contribution in [3.05, 3.63) is 33.8 Å². The van der Waals surface area contributed by atoms with Crippen LogP contribution in [-0.4, -0.2) is 23.7 Å². The minimum absolute atomic E-state index is 0.409. The van der Waals surface area contributed by atoms with Gasteiger partial charge in [0.1, 0.15) is 0 Å². The van der Waals surface area contributed by atoms with E-state index in [9.17, 15) is 9.90 Å². The van der Waals surface area contributed by atoms with Crippen LogP contribution in [0.25, 0.3) is 0 Å². The lowest BCUT2D eigenvalue weighted by Gasteiger charge is -2.24. The van der Waals surface area contributed by atoms with Crippen molar-refractivity contribution in [3.63, 3.8) is 0 Å². The first-order chi connectivity index (χ1) is 8.16. The van der Waals surface area contributed by atoms with Crippen LogP contribution in [-0.2, 0) is 6.42 Å². The molecule has 17 heavy (non-hydrogen) atoms. The topological polar surface area (TPSA) is 49.3 Å². The van der Waals surface area contributed by atoms with Crippen molar-refractivity contribution < 1.29 is 9.90 Å². The van der Waals surface area contributed by atoms with Gasteiger partial charge in [0, 0.05) is 10.5 Å². The minimum Gasteiger partial charge on any atom is -0.478 e. The average molecular weight is 298 g/mol. The number of carboxylic acids is 1. The van der Waals surface area contributed by atoms with Crippen LogP contribution in [0.15, 0.2) is 22.7 Å². The molecule has 0 radical (unpaired) electrons. The van der Waals surface area contributed by atoms with E-state index in [2.05, 4.69) is 21.2 Å². The van der Waals surface area contributed by atoms with Crippen LogP contribution < -0.4 is 5.32 Å². The van der Waals surface area contributed by atoms with Gasteiger partial charge >= 0.3 is 5.97 Å². The van der Waals surface area contributed by atoms with Gasteiger partial charge in [-0.25, -0.2) is 4.79 Å². The molecule has 0 aromatic heterocycles. The third-order valence-corrected chi connectivity index (χ3v) is 3.67. The summed E-state index contributed by atoms with van der Waals surface area (Å²) < 4.78 is 0.815. The van der Waals surface area contributed by atoms with Crippen LogP contribution in [0.4, 0.5) is 0 Å². The van der Waals surface area contributed by atoms with E-state index in [1.807, 2.05) is 12.1 Å². The Morgan fingerprint density at radius 3 is 2.94 bits per heavy atom. The summed E-state index contributed by atoms with van der Waals surface area (Å²) >= 11 is 3.31. The summed E-state index contributed by atoms with van der Waals surface area (Å²) in [7, 11) is 0. The standard InChI is InChI=1S/C13H16BrNO2/c14-10-5-4-9(12(8-10)13(16)17)7-11-3-1-2-6-15-11/h4-5,8,11,15H,1-3,6-7H2,(H,16,17). The number of carbonyl (C=O) groups is 1. The Balaban J connectivity index is 2.16.